The number of carbonyl (C=O) groups is 1. The Kier molecular flexibility index (Phi) is 5.88. The number of benzene rings is 1. The number of rotatable bonds is 5. The predicted octanol–water partition coefficient (Wildman–Crippen LogP) is 2.71. The van der Waals surface area contributed by atoms with E-state index >= 15 is 0 Å². The molecule has 1 aromatic carbocycles. The van der Waals surface area contributed by atoms with Crippen LogP contribution in [0.25, 0.3) is 0 Å². The lowest BCUT2D eigenvalue weighted by Gasteiger charge is -2.14. The Bertz CT molecular complexity index is 400. The second-order valence-electron chi connectivity index (χ2n) is 3.84. The molecule has 1 N–H and O–H groups in total. The Labute approximate surface area is 103 Å². The Hall–Kier alpha value is -1.75. The van der Waals surface area contributed by atoms with Crippen LogP contribution in [0, 0.1) is 11.8 Å². The molecule has 0 aliphatic heterocycles. The van der Waals surface area contributed by atoms with E-state index in [-0.39, 0.29) is 11.8 Å². The molecule has 2 heteroatoms. The summed E-state index contributed by atoms with van der Waals surface area (Å²) in [4.78, 5) is 12.0. The maximum atomic E-state index is 12.0. The van der Waals surface area contributed by atoms with Crippen LogP contribution in [0.4, 0.5) is 0 Å². The highest BCUT2D eigenvalue weighted by Gasteiger charge is 2.17. The van der Waals surface area contributed by atoms with E-state index in [1.165, 1.54) is 0 Å². The minimum atomic E-state index is -0.0502. The van der Waals surface area contributed by atoms with Crippen molar-refractivity contribution in [2.75, 3.05) is 6.54 Å². The SMILES string of the molecule is CC#CCCNC(=O)C(CC)c1ccccc1. The molecule has 90 valence electrons. The van der Waals surface area contributed by atoms with Crippen molar-refractivity contribution in [3.05, 3.63) is 35.9 Å². The third kappa shape index (κ3) is 4.32. The van der Waals surface area contributed by atoms with Gasteiger partial charge in [-0.3, -0.25) is 4.79 Å². The Morgan fingerprint density at radius 1 is 1.35 bits per heavy atom. The average molecular weight is 229 g/mol. The van der Waals surface area contributed by atoms with Crippen molar-refractivity contribution in [1.82, 2.24) is 5.32 Å². The van der Waals surface area contributed by atoms with Gasteiger partial charge in [0.05, 0.1) is 5.92 Å². The second kappa shape index (κ2) is 7.51. The van der Waals surface area contributed by atoms with Gasteiger partial charge in [-0.15, -0.1) is 11.8 Å². The largest absolute Gasteiger partial charge is 0.355 e. The van der Waals surface area contributed by atoms with Crippen LogP contribution in [-0.4, -0.2) is 12.5 Å². The number of amides is 1. The summed E-state index contributed by atoms with van der Waals surface area (Å²) in [5, 5.41) is 2.93. The van der Waals surface area contributed by atoms with Gasteiger partial charge in [-0.1, -0.05) is 37.3 Å². The fraction of sp³-hybridized carbons (Fsp3) is 0.400. The molecule has 1 atom stereocenters. The first-order valence-electron chi connectivity index (χ1n) is 6.01. The molecule has 1 amide bonds. The Morgan fingerprint density at radius 3 is 2.65 bits per heavy atom. The monoisotopic (exact) mass is 229 g/mol. The van der Waals surface area contributed by atoms with Crippen molar-refractivity contribution in [1.29, 1.82) is 0 Å². The quantitative estimate of drug-likeness (QED) is 0.610. The first-order chi connectivity index (χ1) is 8.29. The molecule has 0 bridgehead atoms. The van der Waals surface area contributed by atoms with Crippen molar-refractivity contribution in [3.63, 3.8) is 0 Å². The fourth-order valence-electron chi connectivity index (χ4n) is 1.75. The highest BCUT2D eigenvalue weighted by Crippen LogP contribution is 2.18. The van der Waals surface area contributed by atoms with E-state index in [1.807, 2.05) is 37.3 Å². The zero-order valence-corrected chi connectivity index (χ0v) is 10.5. The van der Waals surface area contributed by atoms with Gasteiger partial charge in [0.15, 0.2) is 0 Å². The minimum absolute atomic E-state index is 0.0502. The van der Waals surface area contributed by atoms with Crippen LogP contribution in [0.2, 0.25) is 0 Å². The molecule has 0 saturated heterocycles. The highest BCUT2D eigenvalue weighted by molar-refractivity contribution is 5.83. The smallest absolute Gasteiger partial charge is 0.227 e. The molecule has 1 aromatic rings. The molecule has 0 fully saturated rings. The molecule has 0 saturated carbocycles. The molecule has 0 aliphatic rings. The zero-order chi connectivity index (χ0) is 12.5. The van der Waals surface area contributed by atoms with Crippen molar-refractivity contribution in [3.8, 4) is 11.8 Å². The normalized spacial score (nSPS) is 11.2. The third-order valence-corrected chi connectivity index (χ3v) is 2.65. The van der Waals surface area contributed by atoms with Crippen molar-refractivity contribution in [2.24, 2.45) is 0 Å². The standard InChI is InChI=1S/C15H19NO/c1-3-5-9-12-16-15(17)14(4-2)13-10-7-6-8-11-13/h6-8,10-11,14H,4,9,12H2,1-2H3,(H,16,17). The summed E-state index contributed by atoms with van der Waals surface area (Å²) >= 11 is 0. The lowest BCUT2D eigenvalue weighted by atomic mass is 9.96. The van der Waals surface area contributed by atoms with E-state index < -0.39 is 0 Å². The van der Waals surface area contributed by atoms with Crippen molar-refractivity contribution >= 4 is 5.91 Å². The first kappa shape index (κ1) is 13.3. The third-order valence-electron chi connectivity index (χ3n) is 2.65. The predicted molar refractivity (Wildman–Crippen MR) is 70.6 cm³/mol. The van der Waals surface area contributed by atoms with Gasteiger partial charge in [0.2, 0.25) is 5.91 Å². The van der Waals surface area contributed by atoms with Gasteiger partial charge in [-0.25, -0.2) is 0 Å². The lowest BCUT2D eigenvalue weighted by molar-refractivity contribution is -0.122. The maximum absolute atomic E-state index is 12.0. The summed E-state index contributed by atoms with van der Waals surface area (Å²) in [5.41, 5.74) is 1.08. The summed E-state index contributed by atoms with van der Waals surface area (Å²) in [6, 6.07) is 9.89. The van der Waals surface area contributed by atoms with Crippen LogP contribution < -0.4 is 5.32 Å². The zero-order valence-electron chi connectivity index (χ0n) is 10.5. The van der Waals surface area contributed by atoms with E-state index in [0.29, 0.717) is 13.0 Å². The molecular formula is C15H19NO. The van der Waals surface area contributed by atoms with Gasteiger partial charge >= 0.3 is 0 Å². The summed E-state index contributed by atoms with van der Waals surface area (Å²) in [5.74, 6) is 5.79. The topological polar surface area (TPSA) is 29.1 Å². The maximum Gasteiger partial charge on any atom is 0.227 e. The Balaban J connectivity index is 2.55. The fourth-order valence-corrected chi connectivity index (χ4v) is 1.75. The van der Waals surface area contributed by atoms with Gasteiger partial charge in [-0.2, -0.15) is 0 Å². The Morgan fingerprint density at radius 2 is 2.06 bits per heavy atom. The van der Waals surface area contributed by atoms with E-state index in [4.69, 9.17) is 0 Å². The summed E-state index contributed by atoms with van der Waals surface area (Å²) in [6.45, 7) is 4.47. The first-order valence-corrected chi connectivity index (χ1v) is 6.01. The molecule has 17 heavy (non-hydrogen) atoms. The molecule has 0 heterocycles. The molecular weight excluding hydrogens is 210 g/mol. The summed E-state index contributed by atoms with van der Waals surface area (Å²) < 4.78 is 0. The van der Waals surface area contributed by atoms with Gasteiger partial charge in [-0.05, 0) is 18.9 Å². The summed E-state index contributed by atoms with van der Waals surface area (Å²) in [6.07, 6.45) is 1.53. The van der Waals surface area contributed by atoms with Gasteiger partial charge in [0, 0.05) is 13.0 Å². The van der Waals surface area contributed by atoms with Crippen LogP contribution in [0.3, 0.4) is 0 Å². The molecule has 0 radical (unpaired) electrons. The molecule has 0 spiro atoms. The van der Waals surface area contributed by atoms with Gasteiger partial charge < -0.3 is 5.32 Å². The van der Waals surface area contributed by atoms with E-state index in [2.05, 4.69) is 17.2 Å². The highest BCUT2D eigenvalue weighted by atomic mass is 16.1. The molecule has 1 rings (SSSR count). The van der Waals surface area contributed by atoms with Crippen LogP contribution in [0.15, 0.2) is 30.3 Å². The number of hydrogen-bond acceptors (Lipinski definition) is 1. The van der Waals surface area contributed by atoms with Crippen molar-refractivity contribution < 1.29 is 4.79 Å². The molecule has 0 aliphatic carbocycles. The average Bonchev–Trinajstić information content (AvgIpc) is 2.37. The van der Waals surface area contributed by atoms with E-state index in [9.17, 15) is 4.79 Å². The number of nitrogens with one attached hydrogen (secondary N) is 1. The second-order valence-corrected chi connectivity index (χ2v) is 3.84. The molecule has 0 aromatic heterocycles. The van der Waals surface area contributed by atoms with Crippen LogP contribution >= 0.6 is 0 Å². The molecule has 2 nitrogen and oxygen atoms in total. The number of hydrogen-bond donors (Lipinski definition) is 1. The van der Waals surface area contributed by atoms with Crippen LogP contribution in [0.5, 0.6) is 0 Å². The van der Waals surface area contributed by atoms with Gasteiger partial charge in [0.1, 0.15) is 0 Å². The summed E-state index contributed by atoms with van der Waals surface area (Å²) in [7, 11) is 0. The van der Waals surface area contributed by atoms with Gasteiger partial charge in [0.25, 0.3) is 0 Å². The van der Waals surface area contributed by atoms with E-state index in [1.54, 1.807) is 6.92 Å². The molecule has 1 unspecified atom stereocenters. The lowest BCUT2D eigenvalue weighted by Crippen LogP contribution is -2.29. The van der Waals surface area contributed by atoms with Crippen molar-refractivity contribution in [2.45, 2.75) is 32.6 Å². The van der Waals surface area contributed by atoms with Crippen LogP contribution in [0.1, 0.15) is 38.2 Å². The van der Waals surface area contributed by atoms with E-state index in [0.717, 1.165) is 12.0 Å². The van der Waals surface area contributed by atoms with Crippen LogP contribution in [-0.2, 0) is 4.79 Å². The number of carbonyl (C=O) groups excluding carboxylic acids is 1. The minimum Gasteiger partial charge on any atom is -0.355 e.